The van der Waals surface area contributed by atoms with Crippen molar-refractivity contribution in [2.45, 2.75) is 88.5 Å². The maximum absolute atomic E-state index is 6.31. The van der Waals surface area contributed by atoms with E-state index in [4.69, 9.17) is 9.47 Å². The molecular weight excluding hydrogens is 320 g/mol. The number of hydrogen-bond donors (Lipinski definition) is 0. The molecule has 2 atom stereocenters. The van der Waals surface area contributed by atoms with E-state index in [1.807, 2.05) is 21.6 Å². The Balaban J connectivity index is 4.75. The van der Waals surface area contributed by atoms with E-state index in [0.717, 1.165) is 33.3 Å². The van der Waals surface area contributed by atoms with Gasteiger partial charge in [-0.3, -0.25) is 0 Å². The summed E-state index contributed by atoms with van der Waals surface area (Å²) in [5.41, 5.74) is -0.174. The van der Waals surface area contributed by atoms with Gasteiger partial charge in [0, 0.05) is 0 Å². The molecule has 0 spiro atoms. The molecule has 0 aliphatic carbocycles. The molecule has 0 rings (SSSR count). The summed E-state index contributed by atoms with van der Waals surface area (Å²) in [6.45, 7) is 17.3. The molecule has 0 bridgehead atoms. The minimum absolute atomic E-state index is 0.0327. The third-order valence-corrected chi connectivity index (χ3v) is 11.4. The Morgan fingerprint density at radius 1 is 0.700 bits per heavy atom. The molecule has 0 saturated heterocycles. The van der Waals surface area contributed by atoms with Crippen LogP contribution in [0.2, 0.25) is 0 Å². The fourth-order valence-electron chi connectivity index (χ4n) is 1.77. The fraction of sp³-hybridized carbons (Fsp3) is 1.00. The second-order valence-corrected chi connectivity index (χ2v) is 15.3. The summed E-state index contributed by atoms with van der Waals surface area (Å²) in [5, 5.41) is 0. The topological polar surface area (TPSA) is 18.5 Å². The minimum atomic E-state index is -0.0871. The molecule has 6 heteroatoms. The van der Waals surface area contributed by atoms with Crippen LogP contribution in [0.5, 0.6) is 0 Å². The van der Waals surface area contributed by atoms with Crippen molar-refractivity contribution in [2.75, 3.05) is 0 Å². The number of ether oxygens (including phenoxy) is 2. The first kappa shape index (κ1) is 21.1. The molecule has 0 aromatic heterocycles. The molecular formula is C14H34O2S2Si2. The molecule has 0 aliphatic rings. The summed E-state index contributed by atoms with van der Waals surface area (Å²) in [5.74, 6) is 0. The van der Waals surface area contributed by atoms with Gasteiger partial charge in [0.1, 0.15) is 9.11 Å². The van der Waals surface area contributed by atoms with Crippen molar-refractivity contribution >= 4 is 42.1 Å². The second-order valence-electron chi connectivity index (χ2n) is 7.57. The van der Waals surface area contributed by atoms with Crippen LogP contribution in [-0.4, -0.2) is 40.8 Å². The van der Waals surface area contributed by atoms with Gasteiger partial charge in [0.25, 0.3) is 0 Å². The van der Waals surface area contributed by atoms with Crippen molar-refractivity contribution in [1.82, 2.24) is 0 Å². The molecule has 0 aromatic carbocycles. The van der Waals surface area contributed by atoms with Crippen LogP contribution in [0.4, 0.5) is 0 Å². The normalized spacial score (nSPS) is 19.8. The second kappa shape index (κ2) is 7.55. The van der Waals surface area contributed by atoms with Gasteiger partial charge >= 0.3 is 0 Å². The number of rotatable bonds is 7. The molecule has 2 unspecified atom stereocenters. The van der Waals surface area contributed by atoms with Crippen LogP contribution in [0.25, 0.3) is 0 Å². The molecule has 0 amide bonds. The third kappa shape index (κ3) is 9.15. The van der Waals surface area contributed by atoms with E-state index in [2.05, 4.69) is 55.4 Å². The predicted molar refractivity (Wildman–Crippen MR) is 103 cm³/mol. The first-order chi connectivity index (χ1) is 8.74. The van der Waals surface area contributed by atoms with Gasteiger partial charge in [0.2, 0.25) is 0 Å². The molecule has 0 heterocycles. The molecule has 0 N–H and O–H groups in total. The highest BCUT2D eigenvalue weighted by Crippen LogP contribution is 2.47. The summed E-state index contributed by atoms with van der Waals surface area (Å²) in [6.07, 6.45) is 2.09. The quantitative estimate of drug-likeness (QED) is 0.397. The Morgan fingerprint density at radius 2 is 0.950 bits per heavy atom. The zero-order valence-corrected chi connectivity index (χ0v) is 20.7. The van der Waals surface area contributed by atoms with Crippen molar-refractivity contribution in [1.29, 1.82) is 0 Å². The minimum Gasteiger partial charge on any atom is -0.363 e. The lowest BCUT2D eigenvalue weighted by atomic mass is 10.2. The summed E-state index contributed by atoms with van der Waals surface area (Å²) >= 11 is 0. The molecule has 122 valence electrons. The van der Waals surface area contributed by atoms with Gasteiger partial charge in [-0.2, -0.15) is 0 Å². The van der Waals surface area contributed by atoms with E-state index in [1.165, 1.54) is 0 Å². The zero-order chi connectivity index (χ0) is 16.2. The van der Waals surface area contributed by atoms with Crippen molar-refractivity contribution in [3.05, 3.63) is 0 Å². The average molecular weight is 355 g/mol. The van der Waals surface area contributed by atoms with Gasteiger partial charge in [0.15, 0.2) is 0 Å². The van der Waals surface area contributed by atoms with Crippen molar-refractivity contribution in [3.63, 3.8) is 0 Å². The molecule has 0 fully saturated rings. The Morgan fingerprint density at radius 3 is 1.10 bits per heavy atom. The van der Waals surface area contributed by atoms with E-state index in [0.29, 0.717) is 0 Å². The van der Waals surface area contributed by atoms with Crippen LogP contribution in [0, 0.1) is 0 Å². The van der Waals surface area contributed by atoms with Gasteiger partial charge in [0.05, 0.1) is 31.7 Å². The van der Waals surface area contributed by atoms with Crippen LogP contribution >= 0.6 is 21.6 Å². The lowest BCUT2D eigenvalue weighted by molar-refractivity contribution is -0.0432. The third-order valence-electron chi connectivity index (χ3n) is 2.72. The number of hydrogen-bond acceptors (Lipinski definition) is 4. The highest BCUT2D eigenvalue weighted by molar-refractivity contribution is 8.78. The molecule has 2 nitrogen and oxygen atoms in total. The SMILES string of the molecule is CCC([SiH3])(OC(C)(C)C)SSC([SiH3])(CC)OC(C)(C)C. The first-order valence-corrected chi connectivity index (χ1v) is 11.7. The fourth-order valence-corrected chi connectivity index (χ4v) is 7.62. The molecule has 20 heavy (non-hydrogen) atoms. The highest BCUT2D eigenvalue weighted by atomic mass is 33.1. The lowest BCUT2D eigenvalue weighted by Crippen LogP contribution is -2.40. The van der Waals surface area contributed by atoms with Gasteiger partial charge < -0.3 is 9.47 Å². The average Bonchev–Trinajstić information content (AvgIpc) is 2.22. The first-order valence-electron chi connectivity index (χ1n) is 7.51. The molecule has 0 aromatic rings. The Hall–Kier alpha value is 1.05. The molecule has 0 radical (unpaired) electrons. The maximum Gasteiger partial charge on any atom is 0.101 e. The summed E-state index contributed by atoms with van der Waals surface area (Å²) in [4.78, 5) is 0. The highest BCUT2D eigenvalue weighted by Gasteiger charge is 2.36. The smallest absolute Gasteiger partial charge is 0.101 e. The Kier molecular flexibility index (Phi) is 7.95. The Bertz CT molecular complexity index is 273. The standard InChI is InChI=1S/C14H34O2S2Si2/c1-9-13(19,15-11(3,4)5)17-18-14(20,10-2)16-12(6,7)8/h9-10H2,1-8,19-20H3. The van der Waals surface area contributed by atoms with Gasteiger partial charge in [-0.1, -0.05) is 35.4 Å². The van der Waals surface area contributed by atoms with E-state index < -0.39 is 0 Å². The summed E-state index contributed by atoms with van der Waals surface area (Å²) < 4.78 is 12.6. The zero-order valence-electron chi connectivity index (χ0n) is 15.0. The van der Waals surface area contributed by atoms with Crippen LogP contribution < -0.4 is 0 Å². The van der Waals surface area contributed by atoms with E-state index in [9.17, 15) is 0 Å². The maximum atomic E-state index is 6.31. The predicted octanol–water partition coefficient (Wildman–Crippen LogP) is 2.86. The van der Waals surface area contributed by atoms with Crippen LogP contribution in [0.1, 0.15) is 68.2 Å². The van der Waals surface area contributed by atoms with Crippen LogP contribution in [0.3, 0.4) is 0 Å². The van der Waals surface area contributed by atoms with Crippen molar-refractivity contribution in [2.24, 2.45) is 0 Å². The van der Waals surface area contributed by atoms with Gasteiger partial charge in [-0.25, -0.2) is 0 Å². The van der Waals surface area contributed by atoms with Gasteiger partial charge in [-0.15, -0.1) is 0 Å². The summed E-state index contributed by atoms with van der Waals surface area (Å²) in [6, 6.07) is 0. The van der Waals surface area contributed by atoms with Crippen LogP contribution in [0.15, 0.2) is 0 Å². The summed E-state index contributed by atoms with van der Waals surface area (Å²) in [7, 11) is 5.81. The van der Waals surface area contributed by atoms with E-state index in [-0.39, 0.29) is 20.3 Å². The lowest BCUT2D eigenvalue weighted by Gasteiger charge is -2.40. The van der Waals surface area contributed by atoms with Gasteiger partial charge in [-0.05, 0) is 54.4 Å². The largest absolute Gasteiger partial charge is 0.363 e. The Labute approximate surface area is 140 Å². The molecule has 0 saturated carbocycles. The van der Waals surface area contributed by atoms with Crippen molar-refractivity contribution < 1.29 is 9.47 Å². The van der Waals surface area contributed by atoms with E-state index in [1.54, 1.807) is 0 Å². The van der Waals surface area contributed by atoms with Crippen LogP contribution in [-0.2, 0) is 9.47 Å². The molecule has 0 aliphatic heterocycles. The van der Waals surface area contributed by atoms with E-state index >= 15 is 0 Å². The monoisotopic (exact) mass is 354 g/mol. The van der Waals surface area contributed by atoms with Crippen molar-refractivity contribution in [3.8, 4) is 0 Å².